The Morgan fingerprint density at radius 2 is 2.15 bits per heavy atom. The Labute approximate surface area is 120 Å². The van der Waals surface area contributed by atoms with Crippen molar-refractivity contribution in [3.8, 4) is 11.8 Å². The van der Waals surface area contributed by atoms with Gasteiger partial charge < -0.3 is 14.8 Å². The lowest BCUT2D eigenvalue weighted by molar-refractivity contribution is 0.146. The first kappa shape index (κ1) is 14.7. The number of benzene rings is 1. The Kier molecular flexibility index (Phi) is 5.69. The highest BCUT2D eigenvalue weighted by atomic mass is 16.5. The van der Waals surface area contributed by atoms with Gasteiger partial charge in [-0.25, -0.2) is 0 Å². The van der Waals surface area contributed by atoms with Gasteiger partial charge in [0, 0.05) is 19.1 Å². The van der Waals surface area contributed by atoms with E-state index in [0.29, 0.717) is 19.3 Å². The maximum Gasteiger partial charge on any atom is 0.142 e. The quantitative estimate of drug-likeness (QED) is 0.809. The first-order chi connectivity index (χ1) is 9.83. The molecule has 4 heteroatoms. The molecule has 0 aromatic heterocycles. The Balaban J connectivity index is 1.96. The predicted octanol–water partition coefficient (Wildman–Crippen LogP) is 3.21. The number of methoxy groups -OCH3 is 1. The standard InChI is InChI=1S/C16H22N2O2/c1-19-9-10-20-16-8-3-2-7-15(16)18-14-6-4-5-13(11-14)12-17/h2-3,7-8,13-14,18H,4-6,9-11H2,1H3/t13-,14+/m0/s1. The molecule has 1 N–H and O–H groups in total. The minimum Gasteiger partial charge on any atom is -0.489 e. The molecule has 0 saturated heterocycles. The minimum absolute atomic E-state index is 0.183. The number of rotatable bonds is 6. The molecule has 4 nitrogen and oxygen atoms in total. The summed E-state index contributed by atoms with van der Waals surface area (Å²) in [5.74, 6) is 1.03. The lowest BCUT2D eigenvalue weighted by Gasteiger charge is -2.27. The van der Waals surface area contributed by atoms with Crippen molar-refractivity contribution >= 4 is 5.69 Å². The van der Waals surface area contributed by atoms with E-state index in [1.807, 2.05) is 24.3 Å². The van der Waals surface area contributed by atoms with Crippen LogP contribution in [-0.4, -0.2) is 26.4 Å². The van der Waals surface area contributed by atoms with Crippen LogP contribution in [0.5, 0.6) is 5.75 Å². The highest BCUT2D eigenvalue weighted by molar-refractivity contribution is 5.56. The fourth-order valence-electron chi connectivity index (χ4n) is 2.60. The van der Waals surface area contributed by atoms with E-state index < -0.39 is 0 Å². The topological polar surface area (TPSA) is 54.3 Å². The number of nitrogens with zero attached hydrogens (tertiary/aromatic N) is 1. The molecule has 1 aliphatic carbocycles. The number of nitrogens with one attached hydrogen (secondary N) is 1. The number of para-hydroxylation sites is 2. The number of ether oxygens (including phenoxy) is 2. The average Bonchev–Trinajstić information content (AvgIpc) is 2.49. The molecule has 1 aliphatic rings. The maximum atomic E-state index is 9.06. The van der Waals surface area contributed by atoms with E-state index in [-0.39, 0.29) is 5.92 Å². The lowest BCUT2D eigenvalue weighted by atomic mass is 9.86. The third kappa shape index (κ3) is 4.14. The third-order valence-corrected chi connectivity index (χ3v) is 3.65. The fourth-order valence-corrected chi connectivity index (χ4v) is 2.60. The molecule has 1 fully saturated rings. The second kappa shape index (κ2) is 7.76. The van der Waals surface area contributed by atoms with Gasteiger partial charge in [0.2, 0.25) is 0 Å². The van der Waals surface area contributed by atoms with Crippen LogP contribution in [0.4, 0.5) is 5.69 Å². The first-order valence-electron chi connectivity index (χ1n) is 7.20. The highest BCUT2D eigenvalue weighted by Gasteiger charge is 2.22. The van der Waals surface area contributed by atoms with E-state index in [2.05, 4.69) is 11.4 Å². The molecule has 0 heterocycles. The molecule has 2 atom stereocenters. The van der Waals surface area contributed by atoms with Crippen LogP contribution in [0.15, 0.2) is 24.3 Å². The van der Waals surface area contributed by atoms with Crippen LogP contribution in [0, 0.1) is 17.2 Å². The Bertz CT molecular complexity index is 456. The molecule has 1 aromatic carbocycles. The van der Waals surface area contributed by atoms with Crippen LogP contribution < -0.4 is 10.1 Å². The number of hydrogen-bond donors (Lipinski definition) is 1. The molecule has 0 amide bonds. The number of anilines is 1. The molecule has 20 heavy (non-hydrogen) atoms. The van der Waals surface area contributed by atoms with Crippen LogP contribution in [0.1, 0.15) is 25.7 Å². The number of hydrogen-bond acceptors (Lipinski definition) is 4. The van der Waals surface area contributed by atoms with Gasteiger partial charge in [-0.3, -0.25) is 0 Å². The zero-order valence-electron chi connectivity index (χ0n) is 12.0. The minimum atomic E-state index is 0.183. The van der Waals surface area contributed by atoms with Gasteiger partial charge >= 0.3 is 0 Å². The van der Waals surface area contributed by atoms with Crippen molar-refractivity contribution in [1.29, 1.82) is 5.26 Å². The molecule has 0 aliphatic heterocycles. The second-order valence-electron chi connectivity index (χ2n) is 5.17. The summed E-state index contributed by atoms with van der Waals surface area (Å²) in [4.78, 5) is 0. The van der Waals surface area contributed by atoms with Gasteiger partial charge in [-0.2, -0.15) is 5.26 Å². The average molecular weight is 274 g/mol. The van der Waals surface area contributed by atoms with Gasteiger partial charge in [-0.1, -0.05) is 18.6 Å². The van der Waals surface area contributed by atoms with Crippen LogP contribution in [0.25, 0.3) is 0 Å². The molecule has 0 spiro atoms. The molecule has 0 radical (unpaired) electrons. The summed E-state index contributed by atoms with van der Waals surface area (Å²) in [5, 5.41) is 12.6. The summed E-state index contributed by atoms with van der Waals surface area (Å²) >= 11 is 0. The van der Waals surface area contributed by atoms with Crippen molar-refractivity contribution in [3.63, 3.8) is 0 Å². The van der Waals surface area contributed by atoms with E-state index in [9.17, 15) is 0 Å². The van der Waals surface area contributed by atoms with Crippen molar-refractivity contribution in [2.75, 3.05) is 25.6 Å². The summed E-state index contributed by atoms with van der Waals surface area (Å²) in [7, 11) is 1.66. The van der Waals surface area contributed by atoms with Crippen LogP contribution in [-0.2, 0) is 4.74 Å². The van der Waals surface area contributed by atoms with E-state index in [1.54, 1.807) is 7.11 Å². The van der Waals surface area contributed by atoms with Gasteiger partial charge in [-0.15, -0.1) is 0 Å². The van der Waals surface area contributed by atoms with Crippen molar-refractivity contribution < 1.29 is 9.47 Å². The molecule has 0 unspecified atom stereocenters. The Hall–Kier alpha value is -1.73. The summed E-state index contributed by atoms with van der Waals surface area (Å²) in [6.45, 7) is 1.12. The van der Waals surface area contributed by atoms with Crippen molar-refractivity contribution in [3.05, 3.63) is 24.3 Å². The first-order valence-corrected chi connectivity index (χ1v) is 7.20. The van der Waals surface area contributed by atoms with Gasteiger partial charge in [0.1, 0.15) is 12.4 Å². The zero-order chi connectivity index (χ0) is 14.2. The summed E-state index contributed by atoms with van der Waals surface area (Å²) < 4.78 is 10.7. The van der Waals surface area contributed by atoms with E-state index in [0.717, 1.165) is 37.1 Å². The van der Waals surface area contributed by atoms with Crippen molar-refractivity contribution in [2.24, 2.45) is 5.92 Å². The maximum absolute atomic E-state index is 9.06. The summed E-state index contributed by atoms with van der Waals surface area (Å²) in [5.41, 5.74) is 1.01. The van der Waals surface area contributed by atoms with Gasteiger partial charge in [0.25, 0.3) is 0 Å². The van der Waals surface area contributed by atoms with Crippen LogP contribution in [0.3, 0.4) is 0 Å². The van der Waals surface area contributed by atoms with Crippen molar-refractivity contribution in [1.82, 2.24) is 0 Å². The Morgan fingerprint density at radius 1 is 1.30 bits per heavy atom. The fraction of sp³-hybridized carbons (Fsp3) is 0.562. The predicted molar refractivity (Wildman–Crippen MR) is 78.8 cm³/mol. The summed E-state index contributed by atoms with van der Waals surface area (Å²) in [6, 6.07) is 10.7. The van der Waals surface area contributed by atoms with Gasteiger partial charge in [-0.05, 0) is 31.4 Å². The Morgan fingerprint density at radius 3 is 2.95 bits per heavy atom. The van der Waals surface area contributed by atoms with E-state index >= 15 is 0 Å². The van der Waals surface area contributed by atoms with Gasteiger partial charge in [0.05, 0.1) is 18.4 Å². The van der Waals surface area contributed by atoms with Crippen molar-refractivity contribution in [2.45, 2.75) is 31.7 Å². The smallest absolute Gasteiger partial charge is 0.142 e. The molecule has 2 rings (SSSR count). The summed E-state index contributed by atoms with van der Waals surface area (Å²) in [6.07, 6.45) is 4.18. The molecular weight excluding hydrogens is 252 g/mol. The monoisotopic (exact) mass is 274 g/mol. The van der Waals surface area contributed by atoms with Crippen LogP contribution in [0.2, 0.25) is 0 Å². The molecule has 108 valence electrons. The molecule has 1 aromatic rings. The highest BCUT2D eigenvalue weighted by Crippen LogP contribution is 2.30. The third-order valence-electron chi connectivity index (χ3n) is 3.65. The van der Waals surface area contributed by atoms with Crippen LogP contribution >= 0.6 is 0 Å². The van der Waals surface area contributed by atoms with Gasteiger partial charge in [0.15, 0.2) is 0 Å². The lowest BCUT2D eigenvalue weighted by Crippen LogP contribution is -2.27. The molecular formula is C16H22N2O2. The SMILES string of the molecule is COCCOc1ccccc1N[C@@H]1CCC[C@H](C#N)C1. The second-order valence-corrected chi connectivity index (χ2v) is 5.17. The van der Waals surface area contributed by atoms with E-state index in [1.165, 1.54) is 0 Å². The van der Waals surface area contributed by atoms with E-state index in [4.69, 9.17) is 14.7 Å². The normalized spacial score (nSPS) is 22.0. The number of nitriles is 1. The molecule has 0 bridgehead atoms. The largest absolute Gasteiger partial charge is 0.489 e. The zero-order valence-corrected chi connectivity index (χ0v) is 12.0. The molecule has 1 saturated carbocycles.